The van der Waals surface area contributed by atoms with Gasteiger partial charge in [-0.3, -0.25) is 9.80 Å². The summed E-state index contributed by atoms with van der Waals surface area (Å²) in [5.41, 5.74) is 1.33. The van der Waals surface area contributed by atoms with Crippen LogP contribution in [-0.4, -0.2) is 55.1 Å². The molecule has 0 spiro atoms. The van der Waals surface area contributed by atoms with Gasteiger partial charge in [0.15, 0.2) is 0 Å². The molecule has 0 saturated carbocycles. The van der Waals surface area contributed by atoms with E-state index in [0.29, 0.717) is 6.04 Å². The highest BCUT2D eigenvalue weighted by atomic mass is 35.5. The molecule has 0 radical (unpaired) electrons. The van der Waals surface area contributed by atoms with Gasteiger partial charge in [-0.25, -0.2) is 0 Å². The summed E-state index contributed by atoms with van der Waals surface area (Å²) in [7, 11) is 0. The fourth-order valence-corrected chi connectivity index (χ4v) is 3.26. The van der Waals surface area contributed by atoms with E-state index >= 15 is 0 Å². The van der Waals surface area contributed by atoms with Crippen LogP contribution in [0.15, 0.2) is 24.3 Å². The number of benzene rings is 1. The third-order valence-electron chi connectivity index (χ3n) is 4.44. The van der Waals surface area contributed by atoms with Crippen LogP contribution in [0.4, 0.5) is 0 Å². The topological polar surface area (TPSA) is 18.5 Å². The molecule has 3 rings (SSSR count). The van der Waals surface area contributed by atoms with E-state index < -0.39 is 0 Å². The first kappa shape index (κ1) is 13.4. The summed E-state index contributed by atoms with van der Waals surface area (Å²) in [4.78, 5) is 5.16. The van der Waals surface area contributed by atoms with Gasteiger partial charge in [0.05, 0.1) is 0 Å². The zero-order chi connectivity index (χ0) is 13.2. The first-order valence-corrected chi connectivity index (χ1v) is 7.56. The molecule has 0 aliphatic carbocycles. The van der Waals surface area contributed by atoms with Crippen LogP contribution in [0.25, 0.3) is 0 Å². The smallest absolute Gasteiger partial charge is 0.0409 e. The van der Waals surface area contributed by atoms with E-state index in [-0.39, 0.29) is 0 Å². The van der Waals surface area contributed by atoms with Crippen LogP contribution >= 0.6 is 11.6 Å². The SMILES string of the molecule is CC(c1cccc(Cl)c1)N1CC(N2CCNCC2)C1. The first-order valence-electron chi connectivity index (χ1n) is 7.18. The van der Waals surface area contributed by atoms with E-state index in [1.54, 1.807) is 0 Å². The molecular weight excluding hydrogens is 258 g/mol. The highest BCUT2D eigenvalue weighted by Crippen LogP contribution is 2.28. The fourth-order valence-electron chi connectivity index (χ4n) is 3.06. The van der Waals surface area contributed by atoms with Crippen molar-refractivity contribution in [3.8, 4) is 0 Å². The molecule has 1 unspecified atom stereocenters. The fraction of sp³-hybridized carbons (Fsp3) is 0.600. The molecule has 19 heavy (non-hydrogen) atoms. The Morgan fingerprint density at radius 1 is 1.26 bits per heavy atom. The standard InChI is InChI=1S/C15H22ClN3/c1-12(13-3-2-4-14(16)9-13)19-10-15(11-19)18-7-5-17-6-8-18/h2-4,9,12,15,17H,5-8,10-11H2,1H3. The second kappa shape index (κ2) is 5.80. The maximum absolute atomic E-state index is 6.07. The Hall–Kier alpha value is -0.610. The van der Waals surface area contributed by atoms with Crippen molar-refractivity contribution in [2.45, 2.75) is 19.0 Å². The molecule has 1 N–H and O–H groups in total. The lowest BCUT2D eigenvalue weighted by Gasteiger charge is -2.49. The Bertz CT molecular complexity index is 425. The highest BCUT2D eigenvalue weighted by Gasteiger charge is 2.35. The van der Waals surface area contributed by atoms with E-state index in [0.717, 1.165) is 24.2 Å². The number of nitrogens with zero attached hydrogens (tertiary/aromatic N) is 2. The largest absolute Gasteiger partial charge is 0.314 e. The number of likely N-dealkylation sites (tertiary alicyclic amines) is 1. The molecule has 2 saturated heterocycles. The number of nitrogens with one attached hydrogen (secondary N) is 1. The summed E-state index contributed by atoms with van der Waals surface area (Å²) in [6.07, 6.45) is 0. The second-order valence-electron chi connectivity index (χ2n) is 5.62. The van der Waals surface area contributed by atoms with Crippen molar-refractivity contribution in [3.05, 3.63) is 34.9 Å². The van der Waals surface area contributed by atoms with Crippen molar-refractivity contribution in [1.82, 2.24) is 15.1 Å². The van der Waals surface area contributed by atoms with Gasteiger partial charge in [0.25, 0.3) is 0 Å². The lowest BCUT2D eigenvalue weighted by molar-refractivity contribution is 0.00348. The number of hydrogen-bond acceptors (Lipinski definition) is 3. The third kappa shape index (κ3) is 2.95. The van der Waals surface area contributed by atoms with Crippen molar-refractivity contribution in [2.75, 3.05) is 39.3 Å². The van der Waals surface area contributed by atoms with Gasteiger partial charge in [-0.2, -0.15) is 0 Å². The predicted octanol–water partition coefficient (Wildman–Crippen LogP) is 1.99. The monoisotopic (exact) mass is 279 g/mol. The van der Waals surface area contributed by atoms with Gasteiger partial charge in [-0.05, 0) is 24.6 Å². The van der Waals surface area contributed by atoms with E-state index in [4.69, 9.17) is 11.6 Å². The Morgan fingerprint density at radius 2 is 2.00 bits per heavy atom. The van der Waals surface area contributed by atoms with Gasteiger partial charge in [-0.1, -0.05) is 23.7 Å². The van der Waals surface area contributed by atoms with Crippen LogP contribution in [0.3, 0.4) is 0 Å². The quantitative estimate of drug-likeness (QED) is 0.913. The summed E-state index contributed by atoms with van der Waals surface area (Å²) in [5.74, 6) is 0. The van der Waals surface area contributed by atoms with E-state index in [1.807, 2.05) is 12.1 Å². The van der Waals surface area contributed by atoms with Gasteiger partial charge in [-0.15, -0.1) is 0 Å². The zero-order valence-electron chi connectivity index (χ0n) is 11.5. The number of hydrogen-bond donors (Lipinski definition) is 1. The maximum Gasteiger partial charge on any atom is 0.0409 e. The van der Waals surface area contributed by atoms with Crippen molar-refractivity contribution in [3.63, 3.8) is 0 Å². The zero-order valence-corrected chi connectivity index (χ0v) is 12.2. The third-order valence-corrected chi connectivity index (χ3v) is 4.67. The summed E-state index contributed by atoms with van der Waals surface area (Å²) >= 11 is 6.07. The summed E-state index contributed by atoms with van der Waals surface area (Å²) in [5, 5.41) is 4.25. The Balaban J connectivity index is 1.55. The summed E-state index contributed by atoms with van der Waals surface area (Å²) in [6, 6.07) is 9.47. The van der Waals surface area contributed by atoms with E-state index in [1.165, 1.54) is 31.7 Å². The minimum absolute atomic E-state index is 0.470. The number of rotatable bonds is 3. The Kier molecular flexibility index (Phi) is 4.08. The van der Waals surface area contributed by atoms with Crippen LogP contribution in [0.2, 0.25) is 5.02 Å². The van der Waals surface area contributed by atoms with Crippen LogP contribution in [0, 0.1) is 0 Å². The molecule has 2 heterocycles. The van der Waals surface area contributed by atoms with Gasteiger partial charge in [0.2, 0.25) is 0 Å². The number of piperazine rings is 1. The molecule has 104 valence electrons. The first-order chi connectivity index (χ1) is 9.24. The van der Waals surface area contributed by atoms with Crippen LogP contribution in [-0.2, 0) is 0 Å². The van der Waals surface area contributed by atoms with Gasteiger partial charge >= 0.3 is 0 Å². The predicted molar refractivity (Wildman–Crippen MR) is 79.7 cm³/mol. The molecule has 0 aromatic heterocycles. The molecule has 1 atom stereocenters. The van der Waals surface area contributed by atoms with Gasteiger partial charge < -0.3 is 5.32 Å². The summed E-state index contributed by atoms with van der Waals surface area (Å²) in [6.45, 7) is 9.33. The Labute approximate surface area is 120 Å². The van der Waals surface area contributed by atoms with Crippen molar-refractivity contribution in [2.24, 2.45) is 0 Å². The molecular formula is C15H22ClN3. The van der Waals surface area contributed by atoms with Crippen LogP contribution in [0.5, 0.6) is 0 Å². The van der Waals surface area contributed by atoms with Crippen molar-refractivity contribution < 1.29 is 0 Å². The van der Waals surface area contributed by atoms with E-state index in [9.17, 15) is 0 Å². The van der Waals surface area contributed by atoms with Crippen LogP contribution < -0.4 is 5.32 Å². The van der Waals surface area contributed by atoms with E-state index in [2.05, 4.69) is 34.2 Å². The molecule has 2 fully saturated rings. The molecule has 1 aromatic rings. The molecule has 0 bridgehead atoms. The molecule has 2 aliphatic rings. The van der Waals surface area contributed by atoms with Crippen LogP contribution in [0.1, 0.15) is 18.5 Å². The second-order valence-corrected chi connectivity index (χ2v) is 6.06. The lowest BCUT2D eigenvalue weighted by Crippen LogP contribution is -2.62. The van der Waals surface area contributed by atoms with Crippen molar-refractivity contribution in [1.29, 1.82) is 0 Å². The maximum atomic E-state index is 6.07. The average molecular weight is 280 g/mol. The van der Waals surface area contributed by atoms with Gasteiger partial charge in [0, 0.05) is 56.4 Å². The van der Waals surface area contributed by atoms with Crippen molar-refractivity contribution >= 4 is 11.6 Å². The molecule has 4 heteroatoms. The summed E-state index contributed by atoms with van der Waals surface area (Å²) < 4.78 is 0. The molecule has 1 aromatic carbocycles. The van der Waals surface area contributed by atoms with Gasteiger partial charge in [0.1, 0.15) is 0 Å². The molecule has 0 amide bonds. The molecule has 2 aliphatic heterocycles. The highest BCUT2D eigenvalue weighted by molar-refractivity contribution is 6.30. The normalized spacial score (nSPS) is 24.1. The minimum Gasteiger partial charge on any atom is -0.314 e. The molecule has 3 nitrogen and oxygen atoms in total. The average Bonchev–Trinajstić information content (AvgIpc) is 2.38. The number of halogens is 1. The lowest BCUT2D eigenvalue weighted by atomic mass is 9.99. The Morgan fingerprint density at radius 3 is 2.68 bits per heavy atom. The minimum atomic E-state index is 0.470.